The maximum absolute atomic E-state index is 13.9. The Hall–Kier alpha value is -2.76. The van der Waals surface area contributed by atoms with Gasteiger partial charge in [-0.3, -0.25) is 14.6 Å². The van der Waals surface area contributed by atoms with Crippen molar-refractivity contribution in [2.75, 3.05) is 6.54 Å². The fourth-order valence-corrected chi connectivity index (χ4v) is 7.15. The fraction of sp³-hybridized carbons (Fsp3) is 0.500. The standard InChI is InChI=1S/C26H29FN2O3/c1-26-9-8-20-19-4-3-16(25(32)29-14-24(30)31)10-15(19)2-5-21(20)23(26)7-6-22(26)17-11-18(27)13-28-12-17/h3-4,10-13,20-23H,2,5-9,14H2,1H3,(H,29,32)(H,30,31). The number of aryl methyl sites for hydroxylation is 1. The van der Waals surface area contributed by atoms with Gasteiger partial charge in [-0.15, -0.1) is 0 Å². The zero-order valence-electron chi connectivity index (χ0n) is 18.3. The molecule has 3 aliphatic carbocycles. The number of aliphatic carboxylic acids is 1. The molecule has 0 bridgehead atoms. The average Bonchev–Trinajstić information content (AvgIpc) is 3.14. The lowest BCUT2D eigenvalue weighted by molar-refractivity contribution is -0.135. The number of nitrogens with zero attached hydrogens (tertiary/aromatic N) is 1. The summed E-state index contributed by atoms with van der Waals surface area (Å²) in [7, 11) is 0. The number of carboxylic acid groups (broad SMARTS) is 1. The van der Waals surface area contributed by atoms with Crippen LogP contribution in [0.5, 0.6) is 0 Å². The number of nitrogens with one attached hydrogen (secondary N) is 1. The normalized spacial score (nSPS) is 30.7. The lowest BCUT2D eigenvalue weighted by Crippen LogP contribution is -2.41. The Morgan fingerprint density at radius 3 is 2.81 bits per heavy atom. The summed E-state index contributed by atoms with van der Waals surface area (Å²) in [4.78, 5) is 27.1. The molecule has 5 nitrogen and oxygen atoms in total. The van der Waals surface area contributed by atoms with Crippen LogP contribution in [0.15, 0.2) is 36.7 Å². The molecule has 1 heterocycles. The van der Waals surface area contributed by atoms with Crippen LogP contribution in [0.4, 0.5) is 4.39 Å². The van der Waals surface area contributed by atoms with E-state index in [-0.39, 0.29) is 23.7 Å². The first-order chi connectivity index (χ1) is 15.4. The quantitative estimate of drug-likeness (QED) is 0.730. The summed E-state index contributed by atoms with van der Waals surface area (Å²) in [6.07, 6.45) is 9.65. The van der Waals surface area contributed by atoms with Gasteiger partial charge in [0.25, 0.3) is 5.91 Å². The minimum atomic E-state index is -1.05. The topological polar surface area (TPSA) is 79.3 Å². The van der Waals surface area contributed by atoms with Gasteiger partial charge in [0.1, 0.15) is 12.4 Å². The molecule has 1 amide bonds. The molecule has 168 valence electrons. The molecule has 3 aliphatic rings. The van der Waals surface area contributed by atoms with Gasteiger partial charge in [0.15, 0.2) is 0 Å². The summed E-state index contributed by atoms with van der Waals surface area (Å²) in [6.45, 7) is 2.03. The van der Waals surface area contributed by atoms with Gasteiger partial charge >= 0.3 is 5.97 Å². The van der Waals surface area contributed by atoms with E-state index in [9.17, 15) is 14.0 Å². The summed E-state index contributed by atoms with van der Waals surface area (Å²) >= 11 is 0. The van der Waals surface area contributed by atoms with Crippen molar-refractivity contribution in [3.8, 4) is 0 Å². The van der Waals surface area contributed by atoms with Crippen molar-refractivity contribution in [1.82, 2.24) is 10.3 Å². The van der Waals surface area contributed by atoms with E-state index in [4.69, 9.17) is 5.11 Å². The van der Waals surface area contributed by atoms with Crippen molar-refractivity contribution in [2.45, 2.75) is 57.3 Å². The van der Waals surface area contributed by atoms with E-state index < -0.39 is 5.97 Å². The Morgan fingerprint density at radius 2 is 2.03 bits per heavy atom. The number of hydrogen-bond acceptors (Lipinski definition) is 3. The molecule has 2 fully saturated rings. The second-order valence-corrected chi connectivity index (χ2v) is 10.0. The number of rotatable bonds is 4. The molecule has 5 unspecified atom stereocenters. The highest BCUT2D eigenvalue weighted by Gasteiger charge is 2.55. The maximum atomic E-state index is 13.9. The van der Waals surface area contributed by atoms with Gasteiger partial charge in [0, 0.05) is 11.8 Å². The summed E-state index contributed by atoms with van der Waals surface area (Å²) in [6, 6.07) is 7.55. The largest absolute Gasteiger partial charge is 0.480 e. The molecule has 0 spiro atoms. The third-order valence-corrected chi connectivity index (χ3v) is 8.52. The first-order valence-corrected chi connectivity index (χ1v) is 11.6. The van der Waals surface area contributed by atoms with Gasteiger partial charge in [-0.25, -0.2) is 4.39 Å². The van der Waals surface area contributed by atoms with Crippen LogP contribution in [0.25, 0.3) is 0 Å². The summed E-state index contributed by atoms with van der Waals surface area (Å²) in [5.74, 6) is 0.443. The van der Waals surface area contributed by atoms with E-state index in [0.29, 0.717) is 29.2 Å². The van der Waals surface area contributed by atoms with Crippen molar-refractivity contribution in [3.63, 3.8) is 0 Å². The second-order valence-electron chi connectivity index (χ2n) is 10.0. The Bertz CT molecular complexity index is 1070. The molecule has 0 saturated heterocycles. The molecule has 5 atom stereocenters. The maximum Gasteiger partial charge on any atom is 0.322 e. The summed E-state index contributed by atoms with van der Waals surface area (Å²) < 4.78 is 13.9. The van der Waals surface area contributed by atoms with Gasteiger partial charge in [-0.05, 0) is 103 Å². The van der Waals surface area contributed by atoms with Crippen LogP contribution in [-0.2, 0) is 11.2 Å². The van der Waals surface area contributed by atoms with Crippen molar-refractivity contribution in [1.29, 1.82) is 0 Å². The molecule has 0 radical (unpaired) electrons. The molecule has 0 aliphatic heterocycles. The predicted octanol–water partition coefficient (Wildman–Crippen LogP) is 4.68. The van der Waals surface area contributed by atoms with Crippen LogP contribution >= 0.6 is 0 Å². The highest BCUT2D eigenvalue weighted by molar-refractivity contribution is 5.96. The van der Waals surface area contributed by atoms with Gasteiger partial charge < -0.3 is 10.4 Å². The molecule has 2 N–H and O–H groups in total. The van der Waals surface area contributed by atoms with E-state index in [1.165, 1.54) is 23.7 Å². The SMILES string of the molecule is CC12CCC3c4ccc(C(=O)NCC(=O)O)cc4CCC3C1CCC2c1cncc(F)c1. The summed E-state index contributed by atoms with van der Waals surface area (Å²) in [5, 5.41) is 11.2. The molecule has 2 aromatic rings. The molecule has 6 heteroatoms. The number of hydrogen-bond donors (Lipinski definition) is 2. The Morgan fingerprint density at radius 1 is 1.19 bits per heavy atom. The molecule has 2 saturated carbocycles. The number of pyridine rings is 1. The van der Waals surface area contributed by atoms with Gasteiger partial charge in [-0.2, -0.15) is 0 Å². The van der Waals surface area contributed by atoms with Crippen LogP contribution in [0, 0.1) is 23.1 Å². The van der Waals surface area contributed by atoms with E-state index >= 15 is 0 Å². The predicted molar refractivity (Wildman–Crippen MR) is 118 cm³/mol. The number of carbonyl (C=O) groups is 2. The van der Waals surface area contributed by atoms with E-state index in [2.05, 4.69) is 23.3 Å². The van der Waals surface area contributed by atoms with E-state index in [1.54, 1.807) is 6.07 Å². The molecule has 1 aromatic carbocycles. The molecule has 1 aromatic heterocycles. The van der Waals surface area contributed by atoms with Crippen molar-refractivity contribution in [3.05, 3.63) is 64.7 Å². The summed E-state index contributed by atoms with van der Waals surface area (Å²) in [5.41, 5.74) is 4.33. The van der Waals surface area contributed by atoms with E-state index in [1.807, 2.05) is 18.3 Å². The third kappa shape index (κ3) is 3.50. The zero-order valence-corrected chi connectivity index (χ0v) is 18.3. The van der Waals surface area contributed by atoms with Crippen LogP contribution in [0.3, 0.4) is 0 Å². The number of aromatic nitrogens is 1. The minimum Gasteiger partial charge on any atom is -0.480 e. The third-order valence-electron chi connectivity index (χ3n) is 8.52. The number of amides is 1. The number of carboxylic acids is 1. The second kappa shape index (κ2) is 7.98. The number of halogens is 1. The van der Waals surface area contributed by atoms with Crippen molar-refractivity contribution < 1.29 is 19.1 Å². The number of benzene rings is 1. The van der Waals surface area contributed by atoms with Crippen LogP contribution in [0.2, 0.25) is 0 Å². The molecular formula is C26H29FN2O3. The highest BCUT2D eigenvalue weighted by atomic mass is 19.1. The Balaban J connectivity index is 1.37. The van der Waals surface area contributed by atoms with Crippen LogP contribution < -0.4 is 5.32 Å². The lowest BCUT2D eigenvalue weighted by Gasteiger charge is -2.51. The first-order valence-electron chi connectivity index (χ1n) is 11.6. The smallest absolute Gasteiger partial charge is 0.322 e. The monoisotopic (exact) mass is 436 g/mol. The number of fused-ring (bicyclic) bond motifs is 5. The molecule has 32 heavy (non-hydrogen) atoms. The van der Waals surface area contributed by atoms with Gasteiger partial charge in [0.05, 0.1) is 6.20 Å². The van der Waals surface area contributed by atoms with Crippen molar-refractivity contribution >= 4 is 11.9 Å². The van der Waals surface area contributed by atoms with Crippen LogP contribution in [-0.4, -0.2) is 28.5 Å². The lowest BCUT2D eigenvalue weighted by atomic mass is 9.53. The fourth-order valence-electron chi connectivity index (χ4n) is 7.15. The molecular weight excluding hydrogens is 407 g/mol. The number of carbonyl (C=O) groups excluding carboxylic acids is 1. The Kier molecular flexibility index (Phi) is 5.26. The minimum absolute atomic E-state index is 0.171. The van der Waals surface area contributed by atoms with E-state index in [0.717, 1.165) is 37.7 Å². The van der Waals surface area contributed by atoms with Crippen LogP contribution in [0.1, 0.15) is 77.9 Å². The average molecular weight is 437 g/mol. The molecule has 5 rings (SSSR count). The Labute approximate surface area is 187 Å². The highest BCUT2D eigenvalue weighted by Crippen LogP contribution is 2.65. The van der Waals surface area contributed by atoms with Gasteiger partial charge in [0.2, 0.25) is 0 Å². The van der Waals surface area contributed by atoms with Crippen molar-refractivity contribution in [2.24, 2.45) is 17.3 Å². The first kappa shape index (κ1) is 21.1. The zero-order chi connectivity index (χ0) is 22.5. The van der Waals surface area contributed by atoms with Gasteiger partial charge in [-0.1, -0.05) is 13.0 Å².